The Morgan fingerprint density at radius 3 is 2.85 bits per heavy atom. The van der Waals surface area contributed by atoms with E-state index in [2.05, 4.69) is 24.1 Å². The van der Waals surface area contributed by atoms with E-state index < -0.39 is 5.95 Å². The van der Waals surface area contributed by atoms with Gasteiger partial charge in [-0.05, 0) is 25.5 Å². The molecule has 0 aliphatic heterocycles. The molecule has 0 aliphatic carbocycles. The van der Waals surface area contributed by atoms with E-state index >= 15 is 0 Å². The average Bonchev–Trinajstić information content (AvgIpc) is 2.09. The third-order valence-electron chi connectivity index (χ3n) is 1.86. The summed E-state index contributed by atoms with van der Waals surface area (Å²) in [5.41, 5.74) is 0.877. The SMILES string of the molecule is CCCC(C)Nc1ccc(F)nc1. The zero-order valence-corrected chi connectivity index (χ0v) is 8.05. The zero-order chi connectivity index (χ0) is 9.68. The van der Waals surface area contributed by atoms with Crippen LogP contribution in [0.2, 0.25) is 0 Å². The Morgan fingerprint density at radius 2 is 2.31 bits per heavy atom. The van der Waals surface area contributed by atoms with Crippen molar-refractivity contribution in [2.75, 3.05) is 5.32 Å². The third kappa shape index (κ3) is 3.40. The maximum Gasteiger partial charge on any atom is 0.212 e. The number of pyridine rings is 1. The van der Waals surface area contributed by atoms with Gasteiger partial charge in [0.15, 0.2) is 0 Å². The molecule has 0 radical (unpaired) electrons. The lowest BCUT2D eigenvalue weighted by Gasteiger charge is -2.13. The fourth-order valence-corrected chi connectivity index (χ4v) is 1.25. The molecule has 1 atom stereocenters. The van der Waals surface area contributed by atoms with E-state index in [9.17, 15) is 4.39 Å². The molecule has 0 saturated carbocycles. The van der Waals surface area contributed by atoms with Crippen molar-refractivity contribution in [1.82, 2.24) is 4.98 Å². The molecule has 72 valence electrons. The van der Waals surface area contributed by atoms with Gasteiger partial charge in [0.2, 0.25) is 5.95 Å². The van der Waals surface area contributed by atoms with E-state index in [-0.39, 0.29) is 0 Å². The quantitative estimate of drug-likeness (QED) is 0.724. The van der Waals surface area contributed by atoms with Gasteiger partial charge in [-0.25, -0.2) is 4.98 Å². The first-order chi connectivity index (χ1) is 6.22. The van der Waals surface area contributed by atoms with E-state index in [1.54, 1.807) is 6.07 Å². The summed E-state index contributed by atoms with van der Waals surface area (Å²) in [4.78, 5) is 3.56. The molecule has 0 spiro atoms. The number of nitrogens with zero attached hydrogens (tertiary/aromatic N) is 1. The van der Waals surface area contributed by atoms with Gasteiger partial charge in [0.25, 0.3) is 0 Å². The lowest BCUT2D eigenvalue weighted by atomic mass is 10.2. The van der Waals surface area contributed by atoms with Crippen LogP contribution < -0.4 is 5.32 Å². The van der Waals surface area contributed by atoms with E-state index in [1.807, 2.05) is 0 Å². The Bertz CT molecular complexity index is 246. The van der Waals surface area contributed by atoms with E-state index in [1.165, 1.54) is 12.3 Å². The predicted octanol–water partition coefficient (Wildman–Crippen LogP) is 2.82. The highest BCUT2D eigenvalue weighted by molar-refractivity contribution is 5.40. The van der Waals surface area contributed by atoms with Crippen LogP contribution in [0.25, 0.3) is 0 Å². The van der Waals surface area contributed by atoms with Gasteiger partial charge in [0.1, 0.15) is 0 Å². The van der Waals surface area contributed by atoms with Gasteiger partial charge >= 0.3 is 0 Å². The Labute approximate surface area is 78.2 Å². The highest BCUT2D eigenvalue weighted by atomic mass is 19.1. The van der Waals surface area contributed by atoms with Crippen LogP contribution in [0.15, 0.2) is 18.3 Å². The number of aromatic nitrogens is 1. The van der Waals surface area contributed by atoms with Gasteiger partial charge in [-0.2, -0.15) is 4.39 Å². The molecule has 0 saturated heterocycles. The normalized spacial score (nSPS) is 12.5. The Hall–Kier alpha value is -1.12. The number of halogens is 1. The molecule has 1 unspecified atom stereocenters. The number of nitrogens with one attached hydrogen (secondary N) is 1. The van der Waals surface area contributed by atoms with Gasteiger partial charge in [-0.3, -0.25) is 0 Å². The van der Waals surface area contributed by atoms with Gasteiger partial charge in [0.05, 0.1) is 11.9 Å². The molecule has 1 rings (SSSR count). The lowest BCUT2D eigenvalue weighted by molar-refractivity contribution is 0.583. The van der Waals surface area contributed by atoms with Gasteiger partial charge < -0.3 is 5.32 Å². The fourth-order valence-electron chi connectivity index (χ4n) is 1.25. The smallest absolute Gasteiger partial charge is 0.212 e. The highest BCUT2D eigenvalue weighted by Crippen LogP contribution is 2.09. The maximum absolute atomic E-state index is 12.4. The molecule has 0 amide bonds. The molecule has 13 heavy (non-hydrogen) atoms. The number of hydrogen-bond donors (Lipinski definition) is 1. The van der Waals surface area contributed by atoms with Crippen molar-refractivity contribution in [1.29, 1.82) is 0 Å². The van der Waals surface area contributed by atoms with Crippen LogP contribution in [0, 0.1) is 5.95 Å². The van der Waals surface area contributed by atoms with Crippen LogP contribution in [-0.4, -0.2) is 11.0 Å². The molecule has 0 aromatic carbocycles. The highest BCUT2D eigenvalue weighted by Gasteiger charge is 2.00. The standard InChI is InChI=1S/C10H15FN2/c1-3-4-8(2)13-9-5-6-10(11)12-7-9/h5-8,13H,3-4H2,1-2H3. The molecule has 0 aliphatic rings. The largest absolute Gasteiger partial charge is 0.381 e. The lowest BCUT2D eigenvalue weighted by Crippen LogP contribution is -2.14. The minimum Gasteiger partial charge on any atom is -0.381 e. The second-order valence-electron chi connectivity index (χ2n) is 3.20. The molecule has 1 aromatic heterocycles. The van der Waals surface area contributed by atoms with Crippen LogP contribution in [0.3, 0.4) is 0 Å². The summed E-state index contributed by atoms with van der Waals surface area (Å²) in [6, 6.07) is 3.48. The molecule has 1 N–H and O–H groups in total. The van der Waals surface area contributed by atoms with Crippen LogP contribution in [0.4, 0.5) is 10.1 Å². The summed E-state index contributed by atoms with van der Waals surface area (Å²) < 4.78 is 12.4. The molecular formula is C10H15FN2. The zero-order valence-electron chi connectivity index (χ0n) is 8.05. The van der Waals surface area contributed by atoms with Gasteiger partial charge in [0, 0.05) is 6.04 Å². The minimum absolute atomic E-state index is 0.414. The van der Waals surface area contributed by atoms with Crippen molar-refractivity contribution < 1.29 is 4.39 Å². The van der Waals surface area contributed by atoms with Crippen molar-refractivity contribution in [3.8, 4) is 0 Å². The van der Waals surface area contributed by atoms with Crippen LogP contribution >= 0.6 is 0 Å². The molecule has 0 bridgehead atoms. The van der Waals surface area contributed by atoms with E-state index in [0.29, 0.717) is 6.04 Å². The molecule has 0 fully saturated rings. The van der Waals surface area contributed by atoms with Gasteiger partial charge in [-0.15, -0.1) is 0 Å². The summed E-state index contributed by atoms with van der Waals surface area (Å²) in [5.74, 6) is -0.436. The monoisotopic (exact) mass is 182 g/mol. The topological polar surface area (TPSA) is 24.9 Å². The van der Waals surface area contributed by atoms with Gasteiger partial charge in [-0.1, -0.05) is 13.3 Å². The summed E-state index contributed by atoms with van der Waals surface area (Å²) >= 11 is 0. The molecule has 1 aromatic rings. The average molecular weight is 182 g/mol. The number of rotatable bonds is 4. The van der Waals surface area contributed by atoms with Crippen LogP contribution in [-0.2, 0) is 0 Å². The third-order valence-corrected chi connectivity index (χ3v) is 1.86. The first kappa shape index (κ1) is 9.96. The summed E-state index contributed by atoms with van der Waals surface area (Å²) in [6.07, 6.45) is 3.77. The Morgan fingerprint density at radius 1 is 1.54 bits per heavy atom. The molecule has 1 heterocycles. The van der Waals surface area contributed by atoms with Crippen molar-refractivity contribution >= 4 is 5.69 Å². The second kappa shape index (κ2) is 4.80. The first-order valence-corrected chi connectivity index (χ1v) is 4.60. The van der Waals surface area contributed by atoms with E-state index in [4.69, 9.17) is 0 Å². The summed E-state index contributed by atoms with van der Waals surface area (Å²) in [7, 11) is 0. The summed E-state index contributed by atoms with van der Waals surface area (Å²) in [5, 5.41) is 3.24. The summed E-state index contributed by atoms with van der Waals surface area (Å²) in [6.45, 7) is 4.24. The van der Waals surface area contributed by atoms with Crippen molar-refractivity contribution in [3.63, 3.8) is 0 Å². The second-order valence-corrected chi connectivity index (χ2v) is 3.20. The molecule has 2 nitrogen and oxygen atoms in total. The molecule has 3 heteroatoms. The number of anilines is 1. The molecular weight excluding hydrogens is 167 g/mol. The van der Waals surface area contributed by atoms with E-state index in [0.717, 1.165) is 18.5 Å². The Kier molecular flexibility index (Phi) is 3.68. The van der Waals surface area contributed by atoms with Crippen LogP contribution in [0.5, 0.6) is 0 Å². The first-order valence-electron chi connectivity index (χ1n) is 4.60. The fraction of sp³-hybridized carbons (Fsp3) is 0.500. The van der Waals surface area contributed by atoms with Crippen molar-refractivity contribution in [2.45, 2.75) is 32.7 Å². The van der Waals surface area contributed by atoms with Crippen molar-refractivity contribution in [3.05, 3.63) is 24.3 Å². The predicted molar refractivity (Wildman–Crippen MR) is 52.2 cm³/mol. The van der Waals surface area contributed by atoms with Crippen LogP contribution in [0.1, 0.15) is 26.7 Å². The number of hydrogen-bond acceptors (Lipinski definition) is 2. The van der Waals surface area contributed by atoms with Crippen molar-refractivity contribution in [2.24, 2.45) is 0 Å². The minimum atomic E-state index is -0.436. The maximum atomic E-state index is 12.4. The Balaban J connectivity index is 2.49.